The Kier molecular flexibility index (Phi) is 2.23. The number of aryl methyl sites for hydroxylation is 1. The van der Waals surface area contributed by atoms with Crippen molar-refractivity contribution in [2.24, 2.45) is 0 Å². The molecule has 2 nitrogen and oxygen atoms in total. The Morgan fingerprint density at radius 3 is 3.06 bits per heavy atom. The quantitative estimate of drug-likeness (QED) is 0.747. The van der Waals surface area contributed by atoms with E-state index in [9.17, 15) is 0 Å². The van der Waals surface area contributed by atoms with Gasteiger partial charge in [-0.3, -0.25) is 4.98 Å². The molecule has 0 aliphatic heterocycles. The van der Waals surface area contributed by atoms with Crippen molar-refractivity contribution in [2.75, 3.05) is 0 Å². The number of fused-ring (bicyclic) bond motifs is 1. The van der Waals surface area contributed by atoms with Gasteiger partial charge in [0.2, 0.25) is 0 Å². The molecule has 2 heterocycles. The Balaban J connectivity index is 2.06. The van der Waals surface area contributed by atoms with Crippen molar-refractivity contribution < 1.29 is 0 Å². The maximum Gasteiger partial charge on any atom is 0.0805 e. The first-order valence-corrected chi connectivity index (χ1v) is 6.20. The van der Waals surface area contributed by atoms with Crippen molar-refractivity contribution in [3.05, 3.63) is 40.9 Å². The molecule has 16 heavy (non-hydrogen) atoms. The number of aromatic nitrogens is 1. The topological polar surface area (TPSA) is 36.7 Å². The fourth-order valence-corrected chi connectivity index (χ4v) is 2.86. The van der Waals surface area contributed by atoms with E-state index in [0.717, 1.165) is 29.8 Å². The summed E-state index contributed by atoms with van der Waals surface area (Å²) in [4.78, 5) is 5.85. The lowest BCUT2D eigenvalue weighted by Gasteiger charge is -2.03. The van der Waals surface area contributed by atoms with E-state index in [1.165, 1.54) is 4.88 Å². The van der Waals surface area contributed by atoms with Crippen LogP contribution in [0.1, 0.15) is 23.6 Å². The maximum absolute atomic E-state index is 8.99. The molecule has 1 atom stereocenters. The van der Waals surface area contributed by atoms with Crippen molar-refractivity contribution in [2.45, 2.75) is 18.8 Å². The van der Waals surface area contributed by atoms with Crippen LogP contribution >= 0.6 is 11.3 Å². The van der Waals surface area contributed by atoms with Gasteiger partial charge in [-0.25, -0.2) is 0 Å². The zero-order valence-electron chi connectivity index (χ0n) is 8.68. The summed E-state index contributed by atoms with van der Waals surface area (Å²) in [6.45, 7) is 0. The first kappa shape index (κ1) is 9.56. The molecule has 0 spiro atoms. The van der Waals surface area contributed by atoms with Gasteiger partial charge in [0, 0.05) is 5.69 Å². The number of pyridine rings is 1. The molecule has 3 heteroatoms. The summed E-state index contributed by atoms with van der Waals surface area (Å²) in [5, 5.41) is 11.0. The van der Waals surface area contributed by atoms with Crippen LogP contribution in [0.5, 0.6) is 0 Å². The largest absolute Gasteiger partial charge is 0.252 e. The van der Waals surface area contributed by atoms with Gasteiger partial charge in [-0.2, -0.15) is 5.26 Å². The molecular weight excluding hydrogens is 216 g/mol. The summed E-state index contributed by atoms with van der Waals surface area (Å²) in [5.41, 5.74) is 3.27. The smallest absolute Gasteiger partial charge is 0.0805 e. The first-order valence-electron chi connectivity index (χ1n) is 5.32. The highest BCUT2D eigenvalue weighted by Crippen LogP contribution is 2.33. The highest BCUT2D eigenvalue weighted by molar-refractivity contribution is 7.13. The average Bonchev–Trinajstić information content (AvgIpc) is 2.97. The van der Waals surface area contributed by atoms with E-state index in [4.69, 9.17) is 5.26 Å². The highest BCUT2D eigenvalue weighted by atomic mass is 32.1. The Hall–Kier alpha value is -1.66. The second-order valence-electron chi connectivity index (χ2n) is 3.93. The molecule has 0 saturated heterocycles. The maximum atomic E-state index is 8.99. The fraction of sp³-hybridized carbons (Fsp3) is 0.231. The standard InChI is InChI=1S/C13H10N2S/c14-8-9-3-5-11-10(9)4-6-12(15-11)13-2-1-7-16-13/h1-2,4,6-7,9H,3,5H2. The lowest BCUT2D eigenvalue weighted by Crippen LogP contribution is -1.92. The molecule has 0 N–H and O–H groups in total. The van der Waals surface area contributed by atoms with Crippen molar-refractivity contribution in [3.63, 3.8) is 0 Å². The minimum absolute atomic E-state index is 0.0554. The van der Waals surface area contributed by atoms with Gasteiger partial charge in [0.15, 0.2) is 0 Å². The summed E-state index contributed by atoms with van der Waals surface area (Å²) >= 11 is 1.70. The summed E-state index contributed by atoms with van der Waals surface area (Å²) in [7, 11) is 0. The van der Waals surface area contributed by atoms with E-state index >= 15 is 0 Å². The Bertz CT molecular complexity index is 552. The van der Waals surface area contributed by atoms with Gasteiger partial charge in [-0.15, -0.1) is 11.3 Å². The molecule has 2 aromatic rings. The Morgan fingerprint density at radius 1 is 1.38 bits per heavy atom. The fourth-order valence-electron chi connectivity index (χ4n) is 2.16. The van der Waals surface area contributed by atoms with Crippen LogP contribution < -0.4 is 0 Å². The summed E-state index contributed by atoms with van der Waals surface area (Å²) in [6, 6.07) is 10.5. The van der Waals surface area contributed by atoms with Gasteiger partial charge in [-0.1, -0.05) is 12.1 Å². The second kappa shape index (κ2) is 3.73. The van der Waals surface area contributed by atoms with Crippen molar-refractivity contribution in [1.82, 2.24) is 4.98 Å². The SMILES string of the molecule is N#CC1CCc2nc(-c3cccs3)ccc21. The van der Waals surface area contributed by atoms with Gasteiger partial charge in [0.25, 0.3) is 0 Å². The third kappa shape index (κ3) is 1.43. The molecule has 2 aromatic heterocycles. The minimum Gasteiger partial charge on any atom is -0.252 e. The lowest BCUT2D eigenvalue weighted by atomic mass is 10.0. The van der Waals surface area contributed by atoms with E-state index < -0.39 is 0 Å². The number of thiophene rings is 1. The van der Waals surface area contributed by atoms with E-state index in [-0.39, 0.29) is 5.92 Å². The molecule has 0 bridgehead atoms. The van der Waals surface area contributed by atoms with Gasteiger partial charge < -0.3 is 0 Å². The number of nitrogens with zero attached hydrogens (tertiary/aromatic N) is 2. The van der Waals surface area contributed by atoms with Gasteiger partial charge in [0.1, 0.15) is 0 Å². The summed E-state index contributed by atoms with van der Waals surface area (Å²) in [5.74, 6) is 0.0554. The van der Waals surface area contributed by atoms with E-state index in [2.05, 4.69) is 28.6 Å². The molecule has 1 aliphatic carbocycles. The number of rotatable bonds is 1. The van der Waals surface area contributed by atoms with Gasteiger partial charge in [0.05, 0.1) is 22.6 Å². The molecule has 0 radical (unpaired) electrons. The van der Waals surface area contributed by atoms with Crippen LogP contribution in [0.4, 0.5) is 0 Å². The third-order valence-corrected chi connectivity index (χ3v) is 3.88. The zero-order chi connectivity index (χ0) is 11.0. The van der Waals surface area contributed by atoms with Crippen LogP contribution in [-0.4, -0.2) is 4.98 Å². The van der Waals surface area contributed by atoms with Gasteiger partial charge >= 0.3 is 0 Å². The minimum atomic E-state index is 0.0554. The Morgan fingerprint density at radius 2 is 2.31 bits per heavy atom. The molecule has 3 rings (SSSR count). The molecule has 0 aromatic carbocycles. The predicted molar refractivity (Wildman–Crippen MR) is 64.2 cm³/mol. The molecule has 0 fully saturated rings. The van der Waals surface area contributed by atoms with E-state index in [1.807, 2.05) is 12.1 Å². The molecular formula is C13H10N2S. The third-order valence-electron chi connectivity index (χ3n) is 2.98. The lowest BCUT2D eigenvalue weighted by molar-refractivity contribution is 0.822. The summed E-state index contributed by atoms with van der Waals surface area (Å²) < 4.78 is 0. The number of nitriles is 1. The molecule has 1 aliphatic rings. The van der Waals surface area contributed by atoms with Crippen molar-refractivity contribution in [3.8, 4) is 16.6 Å². The van der Waals surface area contributed by atoms with Crippen LogP contribution in [0.15, 0.2) is 29.6 Å². The van der Waals surface area contributed by atoms with E-state index in [0.29, 0.717) is 0 Å². The highest BCUT2D eigenvalue weighted by Gasteiger charge is 2.23. The average molecular weight is 226 g/mol. The van der Waals surface area contributed by atoms with Crippen molar-refractivity contribution in [1.29, 1.82) is 5.26 Å². The number of hydrogen-bond donors (Lipinski definition) is 0. The van der Waals surface area contributed by atoms with Crippen LogP contribution in [0, 0.1) is 11.3 Å². The molecule has 0 amide bonds. The second-order valence-corrected chi connectivity index (χ2v) is 4.88. The molecule has 78 valence electrons. The van der Waals surface area contributed by atoms with Crippen LogP contribution in [0.3, 0.4) is 0 Å². The Labute approximate surface area is 98.2 Å². The zero-order valence-corrected chi connectivity index (χ0v) is 9.50. The van der Waals surface area contributed by atoms with Crippen LogP contribution in [-0.2, 0) is 6.42 Å². The van der Waals surface area contributed by atoms with Gasteiger partial charge in [-0.05, 0) is 35.9 Å². The first-order chi connectivity index (χ1) is 7.88. The summed E-state index contributed by atoms with van der Waals surface area (Å²) in [6.07, 6.45) is 1.86. The molecule has 0 saturated carbocycles. The number of hydrogen-bond acceptors (Lipinski definition) is 3. The van der Waals surface area contributed by atoms with Crippen LogP contribution in [0.25, 0.3) is 10.6 Å². The predicted octanol–water partition coefficient (Wildman–Crippen LogP) is 3.36. The molecule has 1 unspecified atom stereocenters. The van der Waals surface area contributed by atoms with E-state index in [1.54, 1.807) is 11.3 Å². The monoisotopic (exact) mass is 226 g/mol. The normalized spacial score (nSPS) is 18.1. The van der Waals surface area contributed by atoms with Crippen molar-refractivity contribution >= 4 is 11.3 Å². The van der Waals surface area contributed by atoms with Crippen LogP contribution in [0.2, 0.25) is 0 Å².